The Morgan fingerprint density at radius 3 is 2.35 bits per heavy atom. The molecule has 1 aliphatic carbocycles. The van der Waals surface area contributed by atoms with Gasteiger partial charge >= 0.3 is 12.1 Å². The summed E-state index contributed by atoms with van der Waals surface area (Å²) in [6.07, 6.45) is 1.11. The molecule has 1 heterocycles. The van der Waals surface area contributed by atoms with Crippen LogP contribution in [0.2, 0.25) is 0 Å². The Labute approximate surface area is 180 Å². The van der Waals surface area contributed by atoms with Crippen LogP contribution in [0.25, 0.3) is 0 Å². The van der Waals surface area contributed by atoms with E-state index in [-0.39, 0.29) is 17.7 Å². The number of benzene rings is 1. The Bertz CT molecular complexity index is 900. The molecule has 2 aliphatic rings. The highest BCUT2D eigenvalue weighted by molar-refractivity contribution is 6.07. The van der Waals surface area contributed by atoms with Crippen molar-refractivity contribution in [1.29, 1.82) is 0 Å². The van der Waals surface area contributed by atoms with Crippen molar-refractivity contribution in [2.45, 2.75) is 57.6 Å². The van der Waals surface area contributed by atoms with E-state index in [0.29, 0.717) is 42.8 Å². The summed E-state index contributed by atoms with van der Waals surface area (Å²) in [5, 5.41) is 10.4. The number of hydrogen-bond donors (Lipinski definition) is 4. The van der Waals surface area contributed by atoms with Crippen molar-refractivity contribution in [1.82, 2.24) is 10.6 Å². The van der Waals surface area contributed by atoms with E-state index in [1.54, 1.807) is 39.0 Å². The molecule has 0 atom stereocenters. The second-order valence-corrected chi connectivity index (χ2v) is 8.80. The van der Waals surface area contributed by atoms with Gasteiger partial charge in [-0.3, -0.25) is 20.2 Å². The summed E-state index contributed by atoms with van der Waals surface area (Å²) < 4.78 is 10.5. The number of imide groups is 1. The van der Waals surface area contributed by atoms with E-state index < -0.39 is 23.3 Å². The molecule has 2 fully saturated rings. The molecule has 3 rings (SSSR count). The third kappa shape index (κ3) is 5.25. The van der Waals surface area contributed by atoms with E-state index >= 15 is 0 Å². The Morgan fingerprint density at radius 1 is 1.13 bits per heavy atom. The minimum Gasteiger partial charge on any atom is -0.495 e. The summed E-state index contributed by atoms with van der Waals surface area (Å²) in [7, 11) is 1.48. The number of ether oxygens (including phenoxy) is 2. The zero-order valence-electron chi connectivity index (χ0n) is 18.1. The van der Waals surface area contributed by atoms with E-state index in [2.05, 4.69) is 21.3 Å². The van der Waals surface area contributed by atoms with Crippen molar-refractivity contribution < 1.29 is 28.7 Å². The minimum atomic E-state index is -0.904. The van der Waals surface area contributed by atoms with Crippen LogP contribution in [0, 0.1) is 5.92 Å². The highest BCUT2D eigenvalue weighted by Crippen LogP contribution is 2.35. The van der Waals surface area contributed by atoms with Gasteiger partial charge in [-0.25, -0.2) is 9.59 Å². The second kappa shape index (κ2) is 8.44. The van der Waals surface area contributed by atoms with Crippen molar-refractivity contribution in [3.8, 4) is 5.75 Å². The molecule has 0 aromatic heterocycles. The molecule has 31 heavy (non-hydrogen) atoms. The average molecular weight is 432 g/mol. The molecule has 1 aromatic rings. The first kappa shape index (κ1) is 22.4. The quantitative estimate of drug-likeness (QED) is 0.541. The summed E-state index contributed by atoms with van der Waals surface area (Å²) in [5.41, 5.74) is -0.707. The van der Waals surface area contributed by atoms with Crippen molar-refractivity contribution in [3.63, 3.8) is 0 Å². The number of nitrogens with one attached hydrogen (secondary N) is 4. The summed E-state index contributed by atoms with van der Waals surface area (Å²) in [4.78, 5) is 48.4. The van der Waals surface area contributed by atoms with Gasteiger partial charge in [0.15, 0.2) is 0 Å². The van der Waals surface area contributed by atoms with Crippen LogP contribution < -0.4 is 26.0 Å². The molecule has 5 amide bonds. The molecule has 0 bridgehead atoms. The number of methoxy groups -OCH3 is 1. The number of hydrogen-bond acceptors (Lipinski definition) is 6. The predicted molar refractivity (Wildman–Crippen MR) is 113 cm³/mol. The SMILES string of the molecule is COc1ccc(NC(=O)C2CCC3(CC2)NC(=O)NC3=O)cc1NC(=O)OC(C)(C)C. The topological polar surface area (TPSA) is 135 Å². The molecular formula is C21H28N4O6. The predicted octanol–water partition coefficient (Wildman–Crippen LogP) is 2.75. The molecule has 1 aromatic carbocycles. The maximum Gasteiger partial charge on any atom is 0.412 e. The number of urea groups is 1. The van der Waals surface area contributed by atoms with Crippen LogP contribution in [0.15, 0.2) is 18.2 Å². The van der Waals surface area contributed by atoms with E-state index in [9.17, 15) is 19.2 Å². The molecule has 10 nitrogen and oxygen atoms in total. The fourth-order valence-electron chi connectivity index (χ4n) is 3.79. The molecule has 168 valence electrons. The van der Waals surface area contributed by atoms with Crippen LogP contribution in [0.4, 0.5) is 21.0 Å². The fraction of sp³-hybridized carbons (Fsp3) is 0.524. The molecular weight excluding hydrogens is 404 g/mol. The molecule has 1 saturated heterocycles. The third-order valence-corrected chi connectivity index (χ3v) is 5.33. The van der Waals surface area contributed by atoms with E-state index in [0.717, 1.165) is 0 Å². The lowest BCUT2D eigenvalue weighted by Crippen LogP contribution is -2.50. The number of carbonyl (C=O) groups excluding carboxylic acids is 4. The van der Waals surface area contributed by atoms with Gasteiger partial charge in [-0.05, 0) is 64.7 Å². The van der Waals surface area contributed by atoms with Gasteiger partial charge in [-0.1, -0.05) is 0 Å². The van der Waals surface area contributed by atoms with Crippen molar-refractivity contribution >= 4 is 35.3 Å². The van der Waals surface area contributed by atoms with Crippen LogP contribution >= 0.6 is 0 Å². The van der Waals surface area contributed by atoms with E-state index in [4.69, 9.17) is 9.47 Å². The first-order valence-corrected chi connectivity index (χ1v) is 10.1. The highest BCUT2D eigenvalue weighted by atomic mass is 16.6. The highest BCUT2D eigenvalue weighted by Gasteiger charge is 2.48. The Morgan fingerprint density at radius 2 is 1.81 bits per heavy atom. The van der Waals surface area contributed by atoms with Crippen molar-refractivity contribution in [2.75, 3.05) is 17.7 Å². The molecule has 10 heteroatoms. The van der Waals surface area contributed by atoms with Gasteiger partial charge in [0.05, 0.1) is 12.8 Å². The first-order valence-electron chi connectivity index (χ1n) is 10.1. The lowest BCUT2D eigenvalue weighted by Gasteiger charge is -2.33. The second-order valence-electron chi connectivity index (χ2n) is 8.80. The third-order valence-electron chi connectivity index (χ3n) is 5.33. The Hall–Kier alpha value is -3.30. The minimum absolute atomic E-state index is 0.187. The number of amides is 5. The van der Waals surface area contributed by atoms with Gasteiger partial charge in [-0.15, -0.1) is 0 Å². The Balaban J connectivity index is 1.63. The van der Waals surface area contributed by atoms with Crippen LogP contribution in [-0.4, -0.2) is 42.2 Å². The van der Waals surface area contributed by atoms with Gasteiger partial charge in [0.2, 0.25) is 5.91 Å². The maximum atomic E-state index is 12.7. The Kier molecular flexibility index (Phi) is 6.10. The van der Waals surface area contributed by atoms with Gasteiger partial charge in [0, 0.05) is 11.6 Å². The lowest BCUT2D eigenvalue weighted by molar-refractivity contribution is -0.128. The zero-order chi connectivity index (χ0) is 22.8. The normalized spacial score (nSPS) is 23.0. The summed E-state index contributed by atoms with van der Waals surface area (Å²) in [5.74, 6) is -0.385. The van der Waals surface area contributed by atoms with Crippen LogP contribution in [-0.2, 0) is 14.3 Å². The molecule has 4 N–H and O–H groups in total. The van der Waals surface area contributed by atoms with Crippen LogP contribution in [0.3, 0.4) is 0 Å². The van der Waals surface area contributed by atoms with Crippen LogP contribution in [0.1, 0.15) is 46.5 Å². The molecule has 0 radical (unpaired) electrons. The first-order chi connectivity index (χ1) is 14.5. The summed E-state index contributed by atoms with van der Waals surface area (Å²) in [6.45, 7) is 5.28. The standard InChI is InChI=1S/C21H28N4O6/c1-20(2,3)31-19(29)23-14-11-13(5-6-15(14)30-4)22-16(26)12-7-9-21(10-8-12)17(27)24-18(28)25-21/h5-6,11-12H,7-10H2,1-4H3,(H,22,26)(H,23,29)(H2,24,25,27,28). The number of rotatable bonds is 4. The van der Waals surface area contributed by atoms with Gasteiger partial charge < -0.3 is 20.1 Å². The van der Waals surface area contributed by atoms with Gasteiger partial charge in [0.25, 0.3) is 5.91 Å². The van der Waals surface area contributed by atoms with Crippen molar-refractivity contribution in [2.24, 2.45) is 5.92 Å². The molecule has 1 saturated carbocycles. The van der Waals surface area contributed by atoms with E-state index in [1.165, 1.54) is 7.11 Å². The largest absolute Gasteiger partial charge is 0.495 e. The van der Waals surface area contributed by atoms with Gasteiger partial charge in [0.1, 0.15) is 16.9 Å². The lowest BCUT2D eigenvalue weighted by atomic mass is 9.76. The average Bonchev–Trinajstić information content (AvgIpc) is 2.93. The van der Waals surface area contributed by atoms with Crippen molar-refractivity contribution in [3.05, 3.63) is 18.2 Å². The fourth-order valence-corrected chi connectivity index (χ4v) is 3.79. The van der Waals surface area contributed by atoms with Crippen LogP contribution in [0.5, 0.6) is 5.75 Å². The monoisotopic (exact) mass is 432 g/mol. The zero-order valence-corrected chi connectivity index (χ0v) is 18.1. The van der Waals surface area contributed by atoms with Gasteiger partial charge in [-0.2, -0.15) is 0 Å². The number of anilines is 2. The maximum absolute atomic E-state index is 12.7. The summed E-state index contributed by atoms with van der Waals surface area (Å²) in [6, 6.07) is 4.41. The molecule has 0 unspecified atom stereocenters. The molecule has 1 aliphatic heterocycles. The summed E-state index contributed by atoms with van der Waals surface area (Å²) >= 11 is 0. The van der Waals surface area contributed by atoms with E-state index in [1.807, 2.05) is 0 Å². The smallest absolute Gasteiger partial charge is 0.412 e. The number of carbonyl (C=O) groups is 4. The molecule has 1 spiro atoms.